The molecule has 2 aromatic heterocycles. The number of carbonyl (C=O) groups excluding carboxylic acids is 2. The van der Waals surface area contributed by atoms with Gasteiger partial charge in [0.1, 0.15) is 29.1 Å². The van der Waals surface area contributed by atoms with Crippen molar-refractivity contribution in [2.24, 2.45) is 5.92 Å². The standard InChI is InChI=1S/C26H30FN5O4/c1-3-35-26(34)32-10-8-18(9-11-32)31-25(33)21-15(2)30-24-22(28-14-29-23(21)24)19-12-17(27)6-7-20(19)36-13-16-4-5-16/h6-7,12,14,16,18,30H,3-5,8-11,13H2,1-2H3,(H,31,33). The first kappa shape index (κ1) is 24.0. The van der Waals surface area contributed by atoms with E-state index in [1.807, 2.05) is 0 Å². The van der Waals surface area contributed by atoms with Crippen molar-refractivity contribution >= 4 is 23.0 Å². The number of hydrogen-bond donors (Lipinski definition) is 2. The highest BCUT2D eigenvalue weighted by Crippen LogP contribution is 2.36. The Bertz CT molecular complexity index is 1280. The van der Waals surface area contributed by atoms with Gasteiger partial charge in [0, 0.05) is 30.4 Å². The first-order valence-corrected chi connectivity index (χ1v) is 12.4. The van der Waals surface area contributed by atoms with Gasteiger partial charge in [-0.25, -0.2) is 19.2 Å². The largest absolute Gasteiger partial charge is 0.493 e. The predicted octanol–water partition coefficient (Wildman–Crippen LogP) is 4.21. The van der Waals surface area contributed by atoms with Crippen molar-refractivity contribution in [3.63, 3.8) is 0 Å². The van der Waals surface area contributed by atoms with E-state index in [0.29, 0.717) is 84.4 Å². The number of ether oxygens (including phenoxy) is 2. The summed E-state index contributed by atoms with van der Waals surface area (Å²) < 4.78 is 25.3. The van der Waals surface area contributed by atoms with Gasteiger partial charge in [0.25, 0.3) is 5.91 Å². The molecule has 2 fully saturated rings. The van der Waals surface area contributed by atoms with Crippen molar-refractivity contribution in [1.29, 1.82) is 0 Å². The number of piperidine rings is 1. The number of amides is 2. The molecular weight excluding hydrogens is 465 g/mol. The Morgan fingerprint density at radius 2 is 1.97 bits per heavy atom. The number of hydrogen-bond acceptors (Lipinski definition) is 6. The lowest BCUT2D eigenvalue weighted by atomic mass is 10.0. The van der Waals surface area contributed by atoms with Gasteiger partial charge in [0.15, 0.2) is 0 Å². The Morgan fingerprint density at radius 3 is 2.69 bits per heavy atom. The van der Waals surface area contributed by atoms with Crippen LogP contribution in [0.1, 0.15) is 48.7 Å². The molecule has 2 N–H and O–H groups in total. The molecule has 5 rings (SSSR count). The van der Waals surface area contributed by atoms with Crippen LogP contribution in [0.2, 0.25) is 0 Å². The van der Waals surface area contributed by atoms with Gasteiger partial charge in [-0.2, -0.15) is 0 Å². The van der Waals surface area contributed by atoms with Crippen molar-refractivity contribution in [1.82, 2.24) is 25.2 Å². The molecular formula is C26H30FN5O4. The first-order valence-electron chi connectivity index (χ1n) is 12.4. The van der Waals surface area contributed by atoms with Gasteiger partial charge in [-0.3, -0.25) is 4.79 Å². The van der Waals surface area contributed by atoms with E-state index in [2.05, 4.69) is 20.3 Å². The smallest absolute Gasteiger partial charge is 0.409 e. The van der Waals surface area contributed by atoms with Crippen molar-refractivity contribution in [3.8, 4) is 17.0 Å². The molecule has 10 heteroatoms. The number of benzene rings is 1. The highest BCUT2D eigenvalue weighted by molar-refractivity contribution is 6.09. The molecule has 1 saturated heterocycles. The lowest BCUT2D eigenvalue weighted by molar-refractivity contribution is 0.0860. The maximum atomic E-state index is 14.2. The third kappa shape index (κ3) is 4.98. The Morgan fingerprint density at radius 1 is 1.19 bits per heavy atom. The van der Waals surface area contributed by atoms with E-state index in [4.69, 9.17) is 9.47 Å². The molecule has 3 heterocycles. The number of rotatable bonds is 7. The molecule has 3 aromatic rings. The lowest BCUT2D eigenvalue weighted by Gasteiger charge is -2.31. The number of halogens is 1. The monoisotopic (exact) mass is 495 g/mol. The van der Waals surface area contributed by atoms with E-state index in [0.717, 1.165) is 12.8 Å². The van der Waals surface area contributed by atoms with E-state index in [1.54, 1.807) is 24.8 Å². The van der Waals surface area contributed by atoms with Crippen LogP contribution >= 0.6 is 0 Å². The van der Waals surface area contributed by atoms with E-state index >= 15 is 0 Å². The summed E-state index contributed by atoms with van der Waals surface area (Å²) in [5, 5.41) is 3.08. The van der Waals surface area contributed by atoms with Crippen LogP contribution in [0, 0.1) is 18.7 Å². The van der Waals surface area contributed by atoms with Crippen molar-refractivity contribution < 1.29 is 23.5 Å². The maximum absolute atomic E-state index is 14.2. The summed E-state index contributed by atoms with van der Waals surface area (Å²) in [6, 6.07) is 4.32. The predicted molar refractivity (Wildman–Crippen MR) is 131 cm³/mol. The molecule has 2 aliphatic rings. The number of carbonyl (C=O) groups is 2. The Labute approximate surface area is 208 Å². The van der Waals surface area contributed by atoms with Gasteiger partial charge in [-0.15, -0.1) is 0 Å². The molecule has 0 unspecified atom stereocenters. The summed E-state index contributed by atoms with van der Waals surface area (Å²) in [5.74, 6) is 0.448. The maximum Gasteiger partial charge on any atom is 0.409 e. The number of fused-ring (bicyclic) bond motifs is 1. The third-order valence-electron chi connectivity index (χ3n) is 6.72. The molecule has 1 aliphatic heterocycles. The topological polar surface area (TPSA) is 109 Å². The van der Waals surface area contributed by atoms with Crippen molar-refractivity contribution in [3.05, 3.63) is 41.6 Å². The van der Waals surface area contributed by atoms with Crippen LogP contribution in [-0.2, 0) is 4.74 Å². The number of nitrogens with one attached hydrogen (secondary N) is 2. The van der Waals surface area contributed by atoms with Crippen LogP contribution in [0.3, 0.4) is 0 Å². The molecule has 190 valence electrons. The Kier molecular flexibility index (Phi) is 6.75. The van der Waals surface area contributed by atoms with E-state index < -0.39 is 5.82 Å². The second-order valence-corrected chi connectivity index (χ2v) is 9.40. The quantitative estimate of drug-likeness (QED) is 0.508. The number of aryl methyl sites for hydroxylation is 1. The average molecular weight is 496 g/mol. The highest BCUT2D eigenvalue weighted by Gasteiger charge is 2.28. The van der Waals surface area contributed by atoms with Crippen molar-refractivity contribution in [2.75, 3.05) is 26.3 Å². The highest BCUT2D eigenvalue weighted by atomic mass is 19.1. The van der Waals surface area contributed by atoms with Crippen LogP contribution < -0.4 is 10.1 Å². The molecule has 0 radical (unpaired) electrons. The summed E-state index contributed by atoms with van der Waals surface area (Å²) in [6.07, 6.45) is 4.62. The van der Waals surface area contributed by atoms with Crippen LogP contribution in [0.15, 0.2) is 24.5 Å². The van der Waals surface area contributed by atoms with Crippen LogP contribution in [0.4, 0.5) is 9.18 Å². The van der Waals surface area contributed by atoms with Gasteiger partial charge in [0.2, 0.25) is 0 Å². The number of aromatic amines is 1. The Balaban J connectivity index is 1.38. The number of likely N-dealkylation sites (tertiary alicyclic amines) is 1. The summed E-state index contributed by atoms with van der Waals surface area (Å²) in [5.41, 5.74) is 3.09. The van der Waals surface area contributed by atoms with Crippen LogP contribution in [0.25, 0.3) is 22.3 Å². The van der Waals surface area contributed by atoms with Crippen molar-refractivity contribution in [2.45, 2.75) is 45.6 Å². The number of H-pyrrole nitrogens is 1. The Hall–Kier alpha value is -3.69. The lowest BCUT2D eigenvalue weighted by Crippen LogP contribution is -2.46. The fourth-order valence-electron chi connectivity index (χ4n) is 4.59. The van der Waals surface area contributed by atoms with E-state index in [-0.39, 0.29) is 18.0 Å². The zero-order chi connectivity index (χ0) is 25.2. The van der Waals surface area contributed by atoms with E-state index in [1.165, 1.54) is 18.5 Å². The fraction of sp³-hybridized carbons (Fsp3) is 0.462. The SMILES string of the molecule is CCOC(=O)N1CCC(NC(=O)c2c(C)[nH]c3c(-c4cc(F)ccc4OCC4CC4)ncnc23)CC1. The number of nitrogens with zero attached hydrogens (tertiary/aromatic N) is 3. The van der Waals surface area contributed by atoms with E-state index in [9.17, 15) is 14.0 Å². The molecule has 1 aromatic carbocycles. The van der Waals surface area contributed by atoms with Gasteiger partial charge >= 0.3 is 6.09 Å². The summed E-state index contributed by atoms with van der Waals surface area (Å²) in [7, 11) is 0. The molecule has 1 saturated carbocycles. The molecule has 0 bridgehead atoms. The normalized spacial score (nSPS) is 16.2. The van der Waals surface area contributed by atoms with Crippen LogP contribution in [0.5, 0.6) is 5.75 Å². The minimum absolute atomic E-state index is 0.0699. The zero-order valence-electron chi connectivity index (χ0n) is 20.5. The molecule has 9 nitrogen and oxygen atoms in total. The second kappa shape index (κ2) is 10.1. The van der Waals surface area contributed by atoms with Gasteiger partial charge < -0.3 is 24.7 Å². The third-order valence-corrected chi connectivity index (χ3v) is 6.72. The van der Waals surface area contributed by atoms with Gasteiger partial charge in [0.05, 0.1) is 24.3 Å². The summed E-state index contributed by atoms with van der Waals surface area (Å²) >= 11 is 0. The minimum atomic E-state index is -0.397. The molecule has 2 amide bonds. The first-order chi connectivity index (χ1) is 17.4. The molecule has 0 spiro atoms. The summed E-state index contributed by atoms with van der Waals surface area (Å²) in [6.45, 7) is 5.54. The molecule has 0 atom stereocenters. The fourth-order valence-corrected chi connectivity index (χ4v) is 4.59. The number of aromatic nitrogens is 3. The van der Waals surface area contributed by atoms with Gasteiger partial charge in [-0.1, -0.05) is 0 Å². The summed E-state index contributed by atoms with van der Waals surface area (Å²) in [4.78, 5) is 38.9. The average Bonchev–Trinajstić information content (AvgIpc) is 3.63. The van der Waals surface area contributed by atoms with Gasteiger partial charge in [-0.05, 0) is 63.6 Å². The van der Waals surface area contributed by atoms with Crippen LogP contribution in [-0.4, -0.2) is 64.2 Å². The second-order valence-electron chi connectivity index (χ2n) is 9.40. The zero-order valence-corrected chi connectivity index (χ0v) is 20.5. The molecule has 1 aliphatic carbocycles. The molecule has 36 heavy (non-hydrogen) atoms. The minimum Gasteiger partial charge on any atom is -0.493 e.